The van der Waals surface area contributed by atoms with Gasteiger partial charge in [-0.05, 0) is 59.3 Å². The average molecular weight is 371 g/mol. The Morgan fingerprint density at radius 3 is 2.70 bits per heavy atom. The molecule has 0 aromatic carbocycles. The molecule has 20 heavy (non-hydrogen) atoms. The van der Waals surface area contributed by atoms with Crippen LogP contribution in [0.3, 0.4) is 0 Å². The second-order valence-electron chi connectivity index (χ2n) is 5.43. The minimum Gasteiger partial charge on any atom is -0.326 e. The zero-order valence-electron chi connectivity index (χ0n) is 11.5. The van der Waals surface area contributed by atoms with Crippen LogP contribution in [0.2, 0.25) is 0 Å². The topological polar surface area (TPSA) is 29.3 Å². The van der Waals surface area contributed by atoms with Crippen LogP contribution >= 0.6 is 38.6 Å². The molecule has 2 atom stereocenters. The lowest BCUT2D eigenvalue weighted by molar-refractivity contribution is 0.162. The van der Waals surface area contributed by atoms with Gasteiger partial charge in [0.25, 0.3) is 0 Å². The molecule has 1 saturated carbocycles. The second-order valence-corrected chi connectivity index (χ2v) is 8.96. The van der Waals surface area contributed by atoms with Crippen LogP contribution in [0.5, 0.6) is 0 Å². The zero-order valence-corrected chi connectivity index (χ0v) is 14.7. The summed E-state index contributed by atoms with van der Waals surface area (Å²) in [6.07, 6.45) is 2.61. The van der Waals surface area contributed by atoms with Crippen LogP contribution in [0.1, 0.15) is 35.6 Å². The van der Waals surface area contributed by atoms with Crippen molar-refractivity contribution in [2.24, 2.45) is 5.73 Å². The van der Waals surface area contributed by atoms with Crippen LogP contribution in [-0.4, -0.2) is 17.0 Å². The summed E-state index contributed by atoms with van der Waals surface area (Å²) < 4.78 is 1.19. The lowest BCUT2D eigenvalue weighted by Crippen LogP contribution is -2.40. The van der Waals surface area contributed by atoms with E-state index in [4.69, 9.17) is 5.73 Å². The van der Waals surface area contributed by atoms with Gasteiger partial charge in [-0.2, -0.15) is 0 Å². The molecular weight excluding hydrogens is 352 g/mol. The van der Waals surface area contributed by atoms with Gasteiger partial charge in [0.1, 0.15) is 0 Å². The maximum Gasteiger partial charge on any atom is 0.0702 e. The van der Waals surface area contributed by atoms with Crippen LogP contribution < -0.4 is 5.73 Å². The van der Waals surface area contributed by atoms with Crippen molar-refractivity contribution in [3.63, 3.8) is 0 Å². The standard InChI is InChI=1S/C15H19BrN2S2/c1-10(17)15(13-6-7-14(16)20-13)18(11-4-5-11)9-12-3-2-8-19-12/h2-3,6-8,10-11,15H,4-5,9,17H2,1H3. The van der Waals surface area contributed by atoms with E-state index in [0.717, 1.165) is 6.54 Å². The quantitative estimate of drug-likeness (QED) is 0.803. The lowest BCUT2D eigenvalue weighted by atomic mass is 10.1. The Morgan fingerprint density at radius 2 is 2.20 bits per heavy atom. The van der Waals surface area contributed by atoms with E-state index >= 15 is 0 Å². The number of hydrogen-bond acceptors (Lipinski definition) is 4. The fraction of sp³-hybridized carbons (Fsp3) is 0.467. The van der Waals surface area contributed by atoms with Gasteiger partial charge in [0.2, 0.25) is 0 Å². The van der Waals surface area contributed by atoms with Crippen LogP contribution in [0.15, 0.2) is 33.4 Å². The van der Waals surface area contributed by atoms with Crippen molar-refractivity contribution in [1.29, 1.82) is 0 Å². The van der Waals surface area contributed by atoms with Crippen molar-refractivity contribution in [3.8, 4) is 0 Å². The van der Waals surface area contributed by atoms with Crippen LogP contribution in [0, 0.1) is 0 Å². The molecular formula is C15H19BrN2S2. The highest BCUT2D eigenvalue weighted by Gasteiger charge is 2.37. The SMILES string of the molecule is CC(N)C(c1ccc(Br)s1)N(Cc1cccs1)C1CC1. The van der Waals surface area contributed by atoms with Gasteiger partial charge < -0.3 is 5.73 Å². The first-order chi connectivity index (χ1) is 9.65. The number of halogens is 1. The van der Waals surface area contributed by atoms with Gasteiger partial charge in [0, 0.05) is 28.4 Å². The zero-order chi connectivity index (χ0) is 14.1. The van der Waals surface area contributed by atoms with Gasteiger partial charge in [0.15, 0.2) is 0 Å². The van der Waals surface area contributed by atoms with Gasteiger partial charge in [-0.25, -0.2) is 0 Å². The minimum atomic E-state index is 0.140. The summed E-state index contributed by atoms with van der Waals surface area (Å²) >= 11 is 7.22. The largest absolute Gasteiger partial charge is 0.326 e. The molecule has 5 heteroatoms. The number of rotatable bonds is 6. The summed E-state index contributed by atoms with van der Waals surface area (Å²) in [5, 5.41) is 2.16. The summed E-state index contributed by atoms with van der Waals surface area (Å²) in [4.78, 5) is 5.41. The Balaban J connectivity index is 1.86. The second kappa shape index (κ2) is 6.28. The molecule has 0 saturated heterocycles. The Morgan fingerprint density at radius 1 is 1.40 bits per heavy atom. The molecule has 2 unspecified atom stereocenters. The molecule has 0 spiro atoms. The third-order valence-corrected chi connectivity index (χ3v) is 6.23. The summed E-state index contributed by atoms with van der Waals surface area (Å²) in [6, 6.07) is 9.87. The summed E-state index contributed by atoms with van der Waals surface area (Å²) in [6.45, 7) is 3.14. The average Bonchev–Trinajstić information content (AvgIpc) is 2.96. The molecule has 0 aliphatic heterocycles. The van der Waals surface area contributed by atoms with E-state index < -0.39 is 0 Å². The number of hydrogen-bond donors (Lipinski definition) is 1. The minimum absolute atomic E-state index is 0.140. The van der Waals surface area contributed by atoms with Crippen molar-refractivity contribution in [2.75, 3.05) is 0 Å². The molecule has 2 aromatic heterocycles. The Kier molecular flexibility index (Phi) is 4.62. The molecule has 2 heterocycles. The third-order valence-electron chi connectivity index (χ3n) is 3.68. The van der Waals surface area contributed by atoms with Crippen molar-refractivity contribution in [2.45, 2.75) is 44.4 Å². The molecule has 2 aromatic rings. The predicted octanol–water partition coefficient (Wildman–Crippen LogP) is 4.63. The number of thiophene rings is 2. The van der Waals surface area contributed by atoms with Gasteiger partial charge >= 0.3 is 0 Å². The van der Waals surface area contributed by atoms with E-state index in [2.05, 4.69) is 57.4 Å². The molecule has 1 fully saturated rings. The molecule has 0 amide bonds. The Labute approximate surface area is 136 Å². The lowest BCUT2D eigenvalue weighted by Gasteiger charge is -2.33. The van der Waals surface area contributed by atoms with Crippen LogP contribution in [-0.2, 0) is 6.54 Å². The van der Waals surface area contributed by atoms with E-state index in [1.54, 1.807) is 0 Å². The fourth-order valence-corrected chi connectivity index (χ4v) is 5.03. The van der Waals surface area contributed by atoms with Crippen LogP contribution in [0.4, 0.5) is 0 Å². The Bertz CT molecular complexity index is 546. The summed E-state index contributed by atoms with van der Waals surface area (Å²) in [7, 11) is 0. The first kappa shape index (κ1) is 14.7. The van der Waals surface area contributed by atoms with Crippen molar-refractivity contribution in [1.82, 2.24) is 4.90 Å². The Hall–Kier alpha value is -0.200. The van der Waals surface area contributed by atoms with Crippen molar-refractivity contribution < 1.29 is 0 Å². The molecule has 108 valence electrons. The molecule has 3 rings (SSSR count). The van der Waals surface area contributed by atoms with E-state index in [1.807, 2.05) is 22.7 Å². The molecule has 1 aliphatic carbocycles. The van der Waals surface area contributed by atoms with E-state index in [0.29, 0.717) is 12.1 Å². The highest BCUT2D eigenvalue weighted by atomic mass is 79.9. The van der Waals surface area contributed by atoms with E-state index in [1.165, 1.54) is 26.4 Å². The van der Waals surface area contributed by atoms with Gasteiger partial charge in [-0.15, -0.1) is 22.7 Å². The van der Waals surface area contributed by atoms with Crippen molar-refractivity contribution in [3.05, 3.63) is 43.2 Å². The van der Waals surface area contributed by atoms with Gasteiger partial charge in [0.05, 0.1) is 9.83 Å². The first-order valence-electron chi connectivity index (χ1n) is 6.94. The van der Waals surface area contributed by atoms with Crippen LogP contribution in [0.25, 0.3) is 0 Å². The fourth-order valence-electron chi connectivity index (χ4n) is 2.66. The predicted molar refractivity (Wildman–Crippen MR) is 91.3 cm³/mol. The summed E-state index contributed by atoms with van der Waals surface area (Å²) in [5.41, 5.74) is 6.33. The molecule has 1 aliphatic rings. The monoisotopic (exact) mass is 370 g/mol. The third kappa shape index (κ3) is 3.34. The van der Waals surface area contributed by atoms with E-state index in [-0.39, 0.29) is 6.04 Å². The first-order valence-corrected chi connectivity index (χ1v) is 9.43. The molecule has 2 nitrogen and oxygen atoms in total. The normalized spacial score (nSPS) is 18.4. The maximum atomic E-state index is 6.33. The number of nitrogens with zero attached hydrogens (tertiary/aromatic N) is 1. The number of nitrogens with two attached hydrogens (primary N) is 1. The van der Waals surface area contributed by atoms with Gasteiger partial charge in [-0.1, -0.05) is 6.07 Å². The van der Waals surface area contributed by atoms with Gasteiger partial charge in [-0.3, -0.25) is 4.90 Å². The highest BCUT2D eigenvalue weighted by Crippen LogP contribution is 2.40. The van der Waals surface area contributed by atoms with Crippen molar-refractivity contribution >= 4 is 38.6 Å². The van der Waals surface area contributed by atoms with E-state index in [9.17, 15) is 0 Å². The molecule has 0 radical (unpaired) electrons. The maximum absolute atomic E-state index is 6.33. The smallest absolute Gasteiger partial charge is 0.0702 e. The molecule has 2 N–H and O–H groups in total. The highest BCUT2D eigenvalue weighted by molar-refractivity contribution is 9.11. The molecule has 0 bridgehead atoms. The summed E-state index contributed by atoms with van der Waals surface area (Å²) in [5.74, 6) is 0.